The summed E-state index contributed by atoms with van der Waals surface area (Å²) in [6.07, 6.45) is -1.90. The number of benzene rings is 1. The molecule has 116 valence electrons. The molecular formula is C14H12F3N3O2. The lowest BCUT2D eigenvalue weighted by molar-refractivity contribution is -0.137. The van der Waals surface area contributed by atoms with Crippen molar-refractivity contribution >= 4 is 5.91 Å². The molecule has 0 aliphatic rings. The summed E-state index contributed by atoms with van der Waals surface area (Å²) in [5.74, 6) is -0.758. The maximum Gasteiger partial charge on any atom is 0.416 e. The van der Waals surface area contributed by atoms with E-state index in [2.05, 4.69) is 15.3 Å². The molecule has 0 spiro atoms. The Morgan fingerprint density at radius 3 is 2.68 bits per heavy atom. The maximum atomic E-state index is 12.7. The van der Waals surface area contributed by atoms with E-state index in [-0.39, 0.29) is 17.3 Å². The van der Waals surface area contributed by atoms with Gasteiger partial charge in [0.2, 0.25) is 0 Å². The van der Waals surface area contributed by atoms with Crippen molar-refractivity contribution in [3.63, 3.8) is 0 Å². The Bertz CT molecular complexity index is 674. The Morgan fingerprint density at radius 1 is 1.27 bits per heavy atom. The second-order valence-corrected chi connectivity index (χ2v) is 4.20. The number of halogens is 3. The number of alkyl halides is 3. The molecular weight excluding hydrogens is 299 g/mol. The third kappa shape index (κ3) is 3.72. The zero-order valence-corrected chi connectivity index (χ0v) is 11.5. The van der Waals surface area contributed by atoms with Gasteiger partial charge in [-0.25, -0.2) is 9.97 Å². The van der Waals surface area contributed by atoms with Crippen molar-refractivity contribution in [3.8, 4) is 11.6 Å². The lowest BCUT2D eigenvalue weighted by Gasteiger charge is -2.11. The number of amides is 1. The van der Waals surface area contributed by atoms with Gasteiger partial charge < -0.3 is 10.1 Å². The molecule has 0 aliphatic heterocycles. The summed E-state index contributed by atoms with van der Waals surface area (Å²) in [6, 6.07) is 4.30. The normalized spacial score (nSPS) is 11.1. The largest absolute Gasteiger partial charge is 0.437 e. The van der Waals surface area contributed by atoms with Crippen LogP contribution >= 0.6 is 0 Å². The number of nitrogens with zero attached hydrogens (tertiary/aromatic N) is 2. The molecule has 1 aromatic carbocycles. The van der Waals surface area contributed by atoms with Crippen LogP contribution < -0.4 is 10.1 Å². The summed E-state index contributed by atoms with van der Waals surface area (Å²) in [5, 5.41) is 2.52. The standard InChI is InChI=1S/C14H12F3N3O2/c1-2-18-12(21)11-13(20-7-6-19-11)22-10-5-3-4-9(8-10)14(15,16)17/h3-8H,2H2,1H3,(H,18,21). The first-order chi connectivity index (χ1) is 10.4. The molecule has 1 amide bonds. The summed E-state index contributed by atoms with van der Waals surface area (Å²) < 4.78 is 43.3. The van der Waals surface area contributed by atoms with Crippen LogP contribution in [0.1, 0.15) is 23.0 Å². The fourth-order valence-electron chi connectivity index (χ4n) is 1.65. The van der Waals surface area contributed by atoms with Crippen molar-refractivity contribution in [1.29, 1.82) is 0 Å². The topological polar surface area (TPSA) is 64.1 Å². The van der Waals surface area contributed by atoms with Crippen molar-refractivity contribution < 1.29 is 22.7 Å². The Labute approximate surface area is 124 Å². The third-order valence-corrected chi connectivity index (χ3v) is 2.59. The molecule has 1 N–H and O–H groups in total. The fourth-order valence-corrected chi connectivity index (χ4v) is 1.65. The summed E-state index contributed by atoms with van der Waals surface area (Å²) in [7, 11) is 0. The van der Waals surface area contributed by atoms with Gasteiger partial charge in [-0.05, 0) is 25.1 Å². The van der Waals surface area contributed by atoms with Gasteiger partial charge in [0.1, 0.15) is 5.75 Å². The van der Waals surface area contributed by atoms with Gasteiger partial charge in [-0.15, -0.1) is 0 Å². The zero-order valence-electron chi connectivity index (χ0n) is 11.5. The van der Waals surface area contributed by atoms with Crippen LogP contribution in [0.4, 0.5) is 13.2 Å². The highest BCUT2D eigenvalue weighted by Gasteiger charge is 2.30. The van der Waals surface area contributed by atoms with Crippen molar-refractivity contribution in [2.24, 2.45) is 0 Å². The molecule has 2 rings (SSSR count). The van der Waals surface area contributed by atoms with Gasteiger partial charge in [-0.1, -0.05) is 6.07 Å². The van der Waals surface area contributed by atoms with Crippen molar-refractivity contribution in [2.75, 3.05) is 6.54 Å². The summed E-state index contributed by atoms with van der Waals surface area (Å²) in [4.78, 5) is 19.5. The van der Waals surface area contributed by atoms with Gasteiger partial charge >= 0.3 is 6.18 Å². The van der Waals surface area contributed by atoms with Crippen LogP contribution in [0, 0.1) is 0 Å². The first-order valence-corrected chi connectivity index (χ1v) is 6.36. The summed E-state index contributed by atoms with van der Waals surface area (Å²) >= 11 is 0. The minimum absolute atomic E-state index is 0.0825. The molecule has 2 aromatic rings. The SMILES string of the molecule is CCNC(=O)c1nccnc1Oc1cccc(C(F)(F)F)c1. The van der Waals surface area contributed by atoms with Crippen LogP contribution in [0.15, 0.2) is 36.7 Å². The zero-order chi connectivity index (χ0) is 16.2. The van der Waals surface area contributed by atoms with E-state index >= 15 is 0 Å². The van der Waals surface area contributed by atoms with Gasteiger partial charge in [0.15, 0.2) is 5.69 Å². The number of rotatable bonds is 4. The van der Waals surface area contributed by atoms with Crippen molar-refractivity contribution in [2.45, 2.75) is 13.1 Å². The van der Waals surface area contributed by atoms with E-state index in [0.29, 0.717) is 6.54 Å². The number of ether oxygens (including phenoxy) is 1. The lowest BCUT2D eigenvalue weighted by atomic mass is 10.2. The molecule has 0 fully saturated rings. The molecule has 5 nitrogen and oxygen atoms in total. The summed E-state index contributed by atoms with van der Waals surface area (Å²) in [5.41, 5.74) is -0.949. The molecule has 1 heterocycles. The molecule has 22 heavy (non-hydrogen) atoms. The molecule has 0 bridgehead atoms. The number of nitrogens with one attached hydrogen (secondary N) is 1. The molecule has 0 radical (unpaired) electrons. The van der Waals surface area contributed by atoms with E-state index in [1.54, 1.807) is 6.92 Å². The van der Waals surface area contributed by atoms with Gasteiger partial charge in [0.25, 0.3) is 11.8 Å². The van der Waals surface area contributed by atoms with E-state index in [1.165, 1.54) is 24.5 Å². The molecule has 8 heteroatoms. The average molecular weight is 311 g/mol. The third-order valence-electron chi connectivity index (χ3n) is 2.59. The maximum absolute atomic E-state index is 12.7. The van der Waals surface area contributed by atoms with Crippen LogP contribution in [-0.2, 0) is 6.18 Å². The van der Waals surface area contributed by atoms with Crippen LogP contribution in [0.25, 0.3) is 0 Å². The molecule has 0 saturated heterocycles. The molecule has 1 aromatic heterocycles. The number of carbonyl (C=O) groups is 1. The second-order valence-electron chi connectivity index (χ2n) is 4.20. The second kappa shape index (κ2) is 6.42. The Morgan fingerprint density at radius 2 is 2.00 bits per heavy atom. The minimum Gasteiger partial charge on any atom is -0.437 e. The van der Waals surface area contributed by atoms with Gasteiger partial charge in [-0.2, -0.15) is 13.2 Å². The highest BCUT2D eigenvalue weighted by Crippen LogP contribution is 2.32. The first-order valence-electron chi connectivity index (χ1n) is 6.36. The predicted molar refractivity (Wildman–Crippen MR) is 71.6 cm³/mol. The smallest absolute Gasteiger partial charge is 0.416 e. The number of carbonyl (C=O) groups excluding carboxylic acids is 1. The van der Waals surface area contributed by atoms with Gasteiger partial charge in [-0.3, -0.25) is 4.79 Å². The Hall–Kier alpha value is -2.64. The van der Waals surface area contributed by atoms with Gasteiger partial charge in [0, 0.05) is 18.9 Å². The molecule has 0 aliphatic carbocycles. The number of hydrogen-bond acceptors (Lipinski definition) is 4. The lowest BCUT2D eigenvalue weighted by Crippen LogP contribution is -2.24. The van der Waals surface area contributed by atoms with Crippen molar-refractivity contribution in [3.05, 3.63) is 47.9 Å². The first kappa shape index (κ1) is 15.7. The predicted octanol–water partition coefficient (Wildman–Crippen LogP) is 3.04. The molecule has 0 saturated carbocycles. The van der Waals surface area contributed by atoms with Crippen LogP contribution in [-0.4, -0.2) is 22.4 Å². The van der Waals surface area contributed by atoms with E-state index in [9.17, 15) is 18.0 Å². The van der Waals surface area contributed by atoms with E-state index in [4.69, 9.17) is 4.74 Å². The highest BCUT2D eigenvalue weighted by atomic mass is 19.4. The molecule has 0 atom stereocenters. The molecule has 0 unspecified atom stereocenters. The van der Waals surface area contributed by atoms with Gasteiger partial charge in [0.05, 0.1) is 5.56 Å². The van der Waals surface area contributed by atoms with Crippen LogP contribution in [0.5, 0.6) is 11.6 Å². The van der Waals surface area contributed by atoms with Crippen LogP contribution in [0.2, 0.25) is 0 Å². The highest BCUT2D eigenvalue weighted by molar-refractivity contribution is 5.94. The number of hydrogen-bond donors (Lipinski definition) is 1. The van der Waals surface area contributed by atoms with Crippen LogP contribution in [0.3, 0.4) is 0 Å². The minimum atomic E-state index is -4.48. The number of aromatic nitrogens is 2. The van der Waals surface area contributed by atoms with E-state index < -0.39 is 17.6 Å². The van der Waals surface area contributed by atoms with E-state index in [0.717, 1.165) is 12.1 Å². The Balaban J connectivity index is 2.30. The Kier molecular flexibility index (Phi) is 4.59. The monoisotopic (exact) mass is 311 g/mol. The quantitative estimate of drug-likeness (QED) is 0.942. The summed E-state index contributed by atoms with van der Waals surface area (Å²) in [6.45, 7) is 2.10. The van der Waals surface area contributed by atoms with Crippen molar-refractivity contribution in [1.82, 2.24) is 15.3 Å². The fraction of sp³-hybridized carbons (Fsp3) is 0.214. The van der Waals surface area contributed by atoms with E-state index in [1.807, 2.05) is 0 Å². The average Bonchev–Trinajstić information content (AvgIpc) is 2.47.